The Morgan fingerprint density at radius 3 is 2.64 bits per heavy atom. The fraction of sp³-hybridized carbons (Fsp3) is 0.333. The molecule has 2 aromatic rings. The molecule has 33 heavy (non-hydrogen) atoms. The number of carbonyl (C=O) groups is 4. The molecule has 3 heterocycles. The van der Waals surface area contributed by atoms with Crippen molar-refractivity contribution in [2.75, 3.05) is 5.75 Å². The van der Waals surface area contributed by atoms with Crippen molar-refractivity contribution >= 4 is 35.5 Å². The van der Waals surface area contributed by atoms with E-state index in [0.29, 0.717) is 22.6 Å². The second-order valence-electron chi connectivity index (χ2n) is 7.80. The van der Waals surface area contributed by atoms with Gasteiger partial charge in [-0.15, -0.1) is 16.9 Å². The smallest absolute Gasteiger partial charge is 0.352 e. The lowest BCUT2D eigenvalue weighted by Crippen LogP contribution is -2.71. The third kappa shape index (κ3) is 4.46. The van der Waals surface area contributed by atoms with E-state index in [4.69, 9.17) is 0 Å². The van der Waals surface area contributed by atoms with Crippen LogP contribution in [-0.4, -0.2) is 65.9 Å². The zero-order chi connectivity index (χ0) is 23.7. The molecule has 3 amide bonds. The number of rotatable bonds is 7. The number of aryl methyl sites for hydroxylation is 1. The Hall–Kier alpha value is -3.67. The molecular formula is C21H22N6O5S. The van der Waals surface area contributed by atoms with Gasteiger partial charge < -0.3 is 15.7 Å². The highest BCUT2D eigenvalue weighted by atomic mass is 32.2. The van der Waals surface area contributed by atoms with Crippen LogP contribution in [0.2, 0.25) is 0 Å². The largest absolute Gasteiger partial charge is 0.477 e. The SMILES string of the molecule is CC1=C(C(=O)O)N2C(=O)C(NC(=O)C(NC(=O)Cc3cn(C)nn3)c3ccccc3)C2SC1. The Labute approximate surface area is 193 Å². The predicted octanol–water partition coefficient (Wildman–Crippen LogP) is -0.0264. The number of fused-ring (bicyclic) bond motifs is 1. The summed E-state index contributed by atoms with van der Waals surface area (Å²) >= 11 is 1.39. The van der Waals surface area contributed by atoms with E-state index in [2.05, 4.69) is 20.9 Å². The van der Waals surface area contributed by atoms with Crippen LogP contribution in [0.1, 0.15) is 24.2 Å². The van der Waals surface area contributed by atoms with E-state index in [-0.39, 0.29) is 12.1 Å². The monoisotopic (exact) mass is 470 g/mol. The minimum atomic E-state index is -1.17. The number of nitrogens with zero attached hydrogens (tertiary/aromatic N) is 4. The first-order valence-corrected chi connectivity index (χ1v) is 11.2. The maximum absolute atomic E-state index is 13.2. The third-order valence-electron chi connectivity index (χ3n) is 5.35. The number of carboxylic acids is 1. The molecule has 0 radical (unpaired) electrons. The molecule has 0 aliphatic carbocycles. The minimum Gasteiger partial charge on any atom is -0.477 e. The van der Waals surface area contributed by atoms with Gasteiger partial charge in [-0.25, -0.2) is 4.79 Å². The molecule has 1 fully saturated rings. The van der Waals surface area contributed by atoms with Gasteiger partial charge in [0.25, 0.3) is 5.91 Å². The molecule has 3 atom stereocenters. The number of thioether (sulfide) groups is 1. The fourth-order valence-corrected chi connectivity index (χ4v) is 5.10. The molecule has 0 bridgehead atoms. The fourth-order valence-electron chi connectivity index (χ4n) is 3.81. The maximum Gasteiger partial charge on any atom is 0.352 e. The summed E-state index contributed by atoms with van der Waals surface area (Å²) < 4.78 is 1.47. The van der Waals surface area contributed by atoms with Crippen molar-refractivity contribution in [2.24, 2.45) is 7.05 Å². The van der Waals surface area contributed by atoms with Gasteiger partial charge >= 0.3 is 5.97 Å². The number of benzene rings is 1. The first kappa shape index (κ1) is 22.5. The van der Waals surface area contributed by atoms with Crippen molar-refractivity contribution in [1.29, 1.82) is 0 Å². The summed E-state index contributed by atoms with van der Waals surface area (Å²) in [6, 6.07) is 6.75. The minimum absolute atomic E-state index is 0.0360. The van der Waals surface area contributed by atoms with Crippen LogP contribution in [-0.2, 0) is 32.6 Å². The zero-order valence-electron chi connectivity index (χ0n) is 17.9. The Kier molecular flexibility index (Phi) is 6.18. The number of carbonyl (C=O) groups excluding carboxylic acids is 3. The second kappa shape index (κ2) is 9.06. The average Bonchev–Trinajstić information content (AvgIpc) is 3.20. The third-order valence-corrected chi connectivity index (χ3v) is 6.78. The predicted molar refractivity (Wildman–Crippen MR) is 117 cm³/mol. The molecule has 1 saturated heterocycles. The van der Waals surface area contributed by atoms with Gasteiger partial charge in [0.15, 0.2) is 0 Å². The number of hydrogen-bond donors (Lipinski definition) is 3. The van der Waals surface area contributed by atoms with Gasteiger partial charge in [-0.2, -0.15) is 0 Å². The van der Waals surface area contributed by atoms with Crippen LogP contribution >= 0.6 is 11.8 Å². The van der Waals surface area contributed by atoms with E-state index in [1.54, 1.807) is 50.5 Å². The molecule has 2 aliphatic heterocycles. The van der Waals surface area contributed by atoms with Crippen LogP contribution in [0, 0.1) is 0 Å². The number of nitrogens with one attached hydrogen (secondary N) is 2. The van der Waals surface area contributed by atoms with Gasteiger partial charge in [-0.3, -0.25) is 24.0 Å². The standard InChI is InChI=1S/C21H22N6O5S/c1-11-10-33-20-16(19(30)27(20)17(11)21(31)32)23-18(29)15(12-6-4-3-5-7-12)22-14(28)8-13-9-26(2)25-24-13/h3-7,9,15-16,20H,8,10H2,1-2H3,(H,22,28)(H,23,29)(H,31,32). The van der Waals surface area contributed by atoms with Crippen molar-refractivity contribution in [3.8, 4) is 0 Å². The van der Waals surface area contributed by atoms with Crippen molar-refractivity contribution in [3.63, 3.8) is 0 Å². The summed E-state index contributed by atoms with van der Waals surface area (Å²) in [5, 5.41) is 22.0. The van der Waals surface area contributed by atoms with Crippen LogP contribution in [0.15, 0.2) is 47.8 Å². The molecular weight excluding hydrogens is 448 g/mol. The topological polar surface area (TPSA) is 147 Å². The lowest BCUT2D eigenvalue weighted by atomic mass is 10.0. The summed E-state index contributed by atoms with van der Waals surface area (Å²) in [6.45, 7) is 1.67. The van der Waals surface area contributed by atoms with Crippen molar-refractivity contribution < 1.29 is 24.3 Å². The molecule has 172 valence electrons. The molecule has 0 spiro atoms. The van der Waals surface area contributed by atoms with Gasteiger partial charge in [-0.05, 0) is 18.1 Å². The molecule has 3 unspecified atom stereocenters. The molecule has 1 aromatic heterocycles. The first-order chi connectivity index (χ1) is 15.8. The van der Waals surface area contributed by atoms with E-state index in [1.165, 1.54) is 21.3 Å². The van der Waals surface area contributed by atoms with E-state index in [0.717, 1.165) is 0 Å². The number of β-lactam (4-membered cyclic amide) rings is 1. The second-order valence-corrected chi connectivity index (χ2v) is 8.91. The maximum atomic E-state index is 13.2. The summed E-state index contributed by atoms with van der Waals surface area (Å²) in [5.41, 5.74) is 1.56. The molecule has 4 rings (SSSR count). The van der Waals surface area contributed by atoms with Crippen LogP contribution in [0.4, 0.5) is 0 Å². The Morgan fingerprint density at radius 2 is 2.00 bits per heavy atom. The summed E-state index contributed by atoms with van der Waals surface area (Å²) in [5.74, 6) is -2.21. The molecule has 12 heteroatoms. The normalized spacial score (nSPS) is 20.5. The molecule has 2 aliphatic rings. The Bertz CT molecular complexity index is 1150. The number of hydrogen-bond acceptors (Lipinski definition) is 7. The first-order valence-electron chi connectivity index (χ1n) is 10.1. The van der Waals surface area contributed by atoms with Crippen molar-refractivity contribution in [2.45, 2.75) is 30.8 Å². The van der Waals surface area contributed by atoms with E-state index >= 15 is 0 Å². The van der Waals surface area contributed by atoms with Crippen LogP contribution in [0.3, 0.4) is 0 Å². The van der Waals surface area contributed by atoms with E-state index < -0.39 is 41.1 Å². The number of carboxylic acid groups (broad SMARTS) is 1. The Morgan fingerprint density at radius 1 is 1.27 bits per heavy atom. The Balaban J connectivity index is 1.49. The van der Waals surface area contributed by atoms with E-state index in [9.17, 15) is 24.3 Å². The number of aliphatic carboxylic acids is 1. The van der Waals surface area contributed by atoms with Crippen LogP contribution in [0.5, 0.6) is 0 Å². The average molecular weight is 471 g/mol. The number of amides is 3. The highest BCUT2D eigenvalue weighted by molar-refractivity contribution is 8.00. The van der Waals surface area contributed by atoms with E-state index in [1.807, 2.05) is 0 Å². The lowest BCUT2D eigenvalue weighted by Gasteiger charge is -2.49. The van der Waals surface area contributed by atoms with Gasteiger partial charge in [-0.1, -0.05) is 35.5 Å². The van der Waals surface area contributed by atoms with Gasteiger partial charge in [0.2, 0.25) is 11.8 Å². The molecule has 11 nitrogen and oxygen atoms in total. The zero-order valence-corrected chi connectivity index (χ0v) is 18.7. The van der Waals surface area contributed by atoms with Crippen molar-refractivity contribution in [3.05, 3.63) is 59.1 Å². The highest BCUT2D eigenvalue weighted by Gasteiger charge is 2.54. The van der Waals surface area contributed by atoms with Crippen LogP contribution in [0.25, 0.3) is 0 Å². The highest BCUT2D eigenvalue weighted by Crippen LogP contribution is 2.40. The molecule has 1 aromatic carbocycles. The molecule has 3 N–H and O–H groups in total. The molecule has 0 saturated carbocycles. The summed E-state index contributed by atoms with van der Waals surface area (Å²) in [6.07, 6.45) is 1.54. The quantitative estimate of drug-likeness (QED) is 0.478. The van der Waals surface area contributed by atoms with Gasteiger partial charge in [0.1, 0.15) is 23.2 Å². The summed E-state index contributed by atoms with van der Waals surface area (Å²) in [4.78, 5) is 51.3. The van der Waals surface area contributed by atoms with Gasteiger partial charge in [0.05, 0.1) is 12.1 Å². The van der Waals surface area contributed by atoms with Gasteiger partial charge in [0, 0.05) is 19.0 Å². The number of aromatic nitrogens is 3. The lowest BCUT2D eigenvalue weighted by molar-refractivity contribution is -0.151. The van der Waals surface area contributed by atoms with Crippen molar-refractivity contribution in [1.82, 2.24) is 30.5 Å². The summed E-state index contributed by atoms with van der Waals surface area (Å²) in [7, 11) is 1.68. The van der Waals surface area contributed by atoms with Crippen LogP contribution < -0.4 is 10.6 Å².